The molecule has 0 aliphatic rings. The molecule has 1 aromatic heterocycles. The number of halogens is 1. The first-order valence-corrected chi connectivity index (χ1v) is 10.4. The van der Waals surface area contributed by atoms with Gasteiger partial charge in [-0.1, -0.05) is 0 Å². The molecule has 0 atom stereocenters. The summed E-state index contributed by atoms with van der Waals surface area (Å²) in [6.07, 6.45) is 0. The van der Waals surface area contributed by atoms with E-state index in [1.54, 1.807) is 44.2 Å². The van der Waals surface area contributed by atoms with Crippen LogP contribution < -0.4 is 15.4 Å². The van der Waals surface area contributed by atoms with Gasteiger partial charge in [0, 0.05) is 23.1 Å². The first-order chi connectivity index (χ1) is 13.7. The zero-order valence-corrected chi connectivity index (χ0v) is 17.2. The summed E-state index contributed by atoms with van der Waals surface area (Å²) >= 11 is 5.21. The highest BCUT2D eigenvalue weighted by atomic mass is 32.2. The Bertz CT molecular complexity index is 1110. The second kappa shape index (κ2) is 8.50. The first-order valence-electron chi connectivity index (χ1n) is 8.50. The molecule has 0 radical (unpaired) electrons. The van der Waals surface area contributed by atoms with E-state index in [1.165, 1.54) is 24.3 Å². The SMILES string of the molecule is Cc1cc(NS(=O)(=O)c2ccc(NC(=S)Nc3ccc(F)cc3)cc2)nc(C)n1. The van der Waals surface area contributed by atoms with E-state index in [2.05, 4.69) is 25.3 Å². The van der Waals surface area contributed by atoms with Gasteiger partial charge in [-0.25, -0.2) is 22.8 Å². The average molecular weight is 432 g/mol. The van der Waals surface area contributed by atoms with Gasteiger partial charge in [-0.2, -0.15) is 0 Å². The number of aryl methyl sites for hydroxylation is 2. The summed E-state index contributed by atoms with van der Waals surface area (Å²) in [6, 6.07) is 13.4. The zero-order chi connectivity index (χ0) is 21.0. The van der Waals surface area contributed by atoms with Crippen molar-refractivity contribution in [3.05, 3.63) is 71.9 Å². The monoisotopic (exact) mass is 431 g/mol. The molecule has 10 heteroatoms. The maximum Gasteiger partial charge on any atom is 0.263 e. The van der Waals surface area contributed by atoms with Crippen molar-refractivity contribution in [2.75, 3.05) is 15.4 Å². The Labute approximate surface area is 173 Å². The minimum absolute atomic E-state index is 0.0781. The molecule has 0 saturated carbocycles. The number of anilines is 3. The number of aromatic nitrogens is 2. The molecular weight excluding hydrogens is 413 g/mol. The summed E-state index contributed by atoms with van der Waals surface area (Å²) in [4.78, 5) is 8.28. The molecule has 0 aliphatic heterocycles. The average Bonchev–Trinajstić information content (AvgIpc) is 2.63. The van der Waals surface area contributed by atoms with Crippen LogP contribution in [0.25, 0.3) is 0 Å². The number of nitrogens with one attached hydrogen (secondary N) is 3. The van der Waals surface area contributed by atoms with Crippen LogP contribution in [0.3, 0.4) is 0 Å². The van der Waals surface area contributed by atoms with Gasteiger partial charge in [0.2, 0.25) is 0 Å². The molecule has 3 N–H and O–H groups in total. The molecule has 1 heterocycles. The molecule has 150 valence electrons. The number of hydrogen-bond acceptors (Lipinski definition) is 5. The zero-order valence-electron chi connectivity index (χ0n) is 15.6. The van der Waals surface area contributed by atoms with Crippen molar-refractivity contribution < 1.29 is 12.8 Å². The predicted molar refractivity (Wildman–Crippen MR) is 115 cm³/mol. The van der Waals surface area contributed by atoms with Crippen LogP contribution in [0.4, 0.5) is 21.6 Å². The maximum absolute atomic E-state index is 12.9. The highest BCUT2D eigenvalue weighted by molar-refractivity contribution is 7.92. The fourth-order valence-electron chi connectivity index (χ4n) is 2.51. The van der Waals surface area contributed by atoms with Crippen molar-refractivity contribution in [2.24, 2.45) is 0 Å². The van der Waals surface area contributed by atoms with E-state index in [0.29, 0.717) is 22.9 Å². The minimum atomic E-state index is -3.80. The fraction of sp³-hybridized carbons (Fsp3) is 0.105. The summed E-state index contributed by atoms with van der Waals surface area (Å²) < 4.78 is 40.5. The van der Waals surface area contributed by atoms with Gasteiger partial charge >= 0.3 is 0 Å². The van der Waals surface area contributed by atoms with Gasteiger partial charge < -0.3 is 10.6 Å². The third kappa shape index (κ3) is 5.69. The summed E-state index contributed by atoms with van der Waals surface area (Å²) in [5, 5.41) is 6.14. The third-order valence-electron chi connectivity index (χ3n) is 3.73. The highest BCUT2D eigenvalue weighted by Gasteiger charge is 2.15. The highest BCUT2D eigenvalue weighted by Crippen LogP contribution is 2.18. The lowest BCUT2D eigenvalue weighted by Crippen LogP contribution is -2.19. The molecule has 0 spiro atoms. The first kappa shape index (κ1) is 20.6. The van der Waals surface area contributed by atoms with Crippen LogP contribution in [0, 0.1) is 19.7 Å². The van der Waals surface area contributed by atoms with Crippen molar-refractivity contribution in [3.63, 3.8) is 0 Å². The lowest BCUT2D eigenvalue weighted by molar-refractivity contribution is 0.601. The van der Waals surface area contributed by atoms with E-state index < -0.39 is 10.0 Å². The second-order valence-corrected chi connectivity index (χ2v) is 8.25. The Morgan fingerprint density at radius 2 is 1.48 bits per heavy atom. The molecule has 0 aliphatic carbocycles. The second-order valence-electron chi connectivity index (χ2n) is 6.16. The summed E-state index contributed by atoms with van der Waals surface area (Å²) in [5.41, 5.74) is 1.89. The molecule has 0 fully saturated rings. The maximum atomic E-state index is 12.9. The molecule has 3 rings (SSSR count). The van der Waals surface area contributed by atoms with Gasteiger partial charge in [0.15, 0.2) is 5.11 Å². The van der Waals surface area contributed by atoms with Gasteiger partial charge in [-0.05, 0) is 74.6 Å². The number of thiocarbonyl (C=S) groups is 1. The molecule has 2 aromatic carbocycles. The normalized spacial score (nSPS) is 11.0. The molecule has 0 unspecified atom stereocenters. The Morgan fingerprint density at radius 3 is 2.03 bits per heavy atom. The Morgan fingerprint density at radius 1 is 0.931 bits per heavy atom. The van der Waals surface area contributed by atoms with E-state index in [1.807, 2.05) is 0 Å². The third-order valence-corrected chi connectivity index (χ3v) is 5.30. The van der Waals surface area contributed by atoms with E-state index in [-0.39, 0.29) is 21.6 Å². The standard InChI is InChI=1S/C19H18FN5O2S2/c1-12-11-18(22-13(2)21-12)25-29(26,27)17-9-7-16(8-10-17)24-19(28)23-15-5-3-14(20)4-6-15/h3-11H,1-2H3,(H,21,22,25)(H2,23,24,28). The Hall–Kier alpha value is -3.11. The summed E-state index contributed by atoms with van der Waals surface area (Å²) in [7, 11) is -3.80. The molecule has 3 aromatic rings. The smallest absolute Gasteiger partial charge is 0.263 e. The van der Waals surface area contributed by atoms with E-state index in [4.69, 9.17) is 12.2 Å². The van der Waals surface area contributed by atoms with Crippen LogP contribution in [-0.2, 0) is 10.0 Å². The van der Waals surface area contributed by atoms with Crippen LogP contribution >= 0.6 is 12.2 Å². The molecule has 0 amide bonds. The van der Waals surface area contributed by atoms with E-state index in [0.717, 1.165) is 0 Å². The van der Waals surface area contributed by atoms with Crippen molar-refractivity contribution in [1.82, 2.24) is 9.97 Å². The quantitative estimate of drug-likeness (QED) is 0.528. The van der Waals surface area contributed by atoms with Gasteiger partial charge in [0.1, 0.15) is 17.5 Å². The van der Waals surface area contributed by atoms with Gasteiger partial charge in [-0.3, -0.25) is 4.72 Å². The minimum Gasteiger partial charge on any atom is -0.332 e. The van der Waals surface area contributed by atoms with Gasteiger partial charge in [0.25, 0.3) is 10.0 Å². The van der Waals surface area contributed by atoms with E-state index in [9.17, 15) is 12.8 Å². The lowest BCUT2D eigenvalue weighted by atomic mass is 10.3. The Balaban J connectivity index is 1.67. The molecule has 0 saturated heterocycles. The number of nitrogens with zero attached hydrogens (tertiary/aromatic N) is 2. The topological polar surface area (TPSA) is 96.0 Å². The molecular formula is C19H18FN5O2S2. The molecule has 29 heavy (non-hydrogen) atoms. The largest absolute Gasteiger partial charge is 0.332 e. The van der Waals surface area contributed by atoms with Crippen molar-refractivity contribution in [2.45, 2.75) is 18.7 Å². The van der Waals surface area contributed by atoms with Crippen LogP contribution in [0.1, 0.15) is 11.5 Å². The predicted octanol–water partition coefficient (Wildman–Crippen LogP) is 3.84. The number of benzene rings is 2. The molecule has 0 bridgehead atoms. The van der Waals surface area contributed by atoms with Crippen LogP contribution in [0.15, 0.2) is 59.5 Å². The van der Waals surface area contributed by atoms with Crippen molar-refractivity contribution in [3.8, 4) is 0 Å². The van der Waals surface area contributed by atoms with Gasteiger partial charge in [-0.15, -0.1) is 0 Å². The summed E-state index contributed by atoms with van der Waals surface area (Å²) in [5.74, 6) is 0.346. The van der Waals surface area contributed by atoms with Crippen molar-refractivity contribution in [1.29, 1.82) is 0 Å². The van der Waals surface area contributed by atoms with Crippen molar-refractivity contribution >= 4 is 44.5 Å². The summed E-state index contributed by atoms with van der Waals surface area (Å²) in [6.45, 7) is 3.45. The van der Waals surface area contributed by atoms with Crippen LogP contribution in [-0.4, -0.2) is 23.5 Å². The Kier molecular flexibility index (Phi) is 6.04. The number of hydrogen-bond donors (Lipinski definition) is 3. The van der Waals surface area contributed by atoms with Gasteiger partial charge in [0.05, 0.1) is 4.90 Å². The van der Waals surface area contributed by atoms with E-state index >= 15 is 0 Å². The van der Waals surface area contributed by atoms with Crippen LogP contribution in [0.2, 0.25) is 0 Å². The fourth-order valence-corrected chi connectivity index (χ4v) is 3.74. The lowest BCUT2D eigenvalue weighted by Gasteiger charge is -2.12. The van der Waals surface area contributed by atoms with Crippen LogP contribution in [0.5, 0.6) is 0 Å². The number of rotatable bonds is 5. The molecule has 7 nitrogen and oxygen atoms in total. The number of sulfonamides is 1.